The third-order valence-electron chi connectivity index (χ3n) is 5.85. The summed E-state index contributed by atoms with van der Waals surface area (Å²) >= 11 is 0. The normalized spacial score (nSPS) is 13.3. The number of hydrogen-bond acceptors (Lipinski definition) is 8. The Morgan fingerprint density at radius 3 is 2.55 bits per heavy atom. The first kappa shape index (κ1) is 27.2. The van der Waals surface area contributed by atoms with Crippen LogP contribution in [0.2, 0.25) is 0 Å². The van der Waals surface area contributed by atoms with Gasteiger partial charge in [-0.1, -0.05) is 31.8 Å². The highest BCUT2D eigenvalue weighted by Crippen LogP contribution is 2.26. The van der Waals surface area contributed by atoms with Crippen molar-refractivity contribution in [2.75, 3.05) is 57.9 Å². The molecule has 1 fully saturated rings. The molecule has 10 heteroatoms. The van der Waals surface area contributed by atoms with Crippen LogP contribution in [0.5, 0.6) is 11.8 Å². The summed E-state index contributed by atoms with van der Waals surface area (Å²) < 4.78 is 33.6. The van der Waals surface area contributed by atoms with Crippen LogP contribution in [0.25, 0.3) is 11.2 Å². The van der Waals surface area contributed by atoms with E-state index >= 15 is 0 Å². The van der Waals surface area contributed by atoms with E-state index < -0.39 is 0 Å². The standard InChI is InChI=1S/C28H33FN6O3/c1-3-5-7-16-37-24-11-9-10-23(29)22(24)20-35-21-31-25-26(30-12-13-34-14-18-36-19-15-34)32-28(33-27(25)35)38-17-8-6-4-2/h9-11,21H,3-4,12-20H2,1-2H3,(H,30,32,33). The first-order valence-corrected chi connectivity index (χ1v) is 12.9. The molecule has 0 spiro atoms. The maximum Gasteiger partial charge on any atom is 0.321 e. The fraction of sp³-hybridized carbons (Fsp3) is 0.464. The second-order valence-electron chi connectivity index (χ2n) is 8.49. The van der Waals surface area contributed by atoms with Gasteiger partial charge in [0.15, 0.2) is 23.6 Å². The maximum absolute atomic E-state index is 14.9. The molecule has 1 aliphatic rings. The average molecular weight is 521 g/mol. The zero-order valence-corrected chi connectivity index (χ0v) is 21.9. The Bertz CT molecular complexity index is 1330. The molecule has 1 aromatic carbocycles. The molecule has 4 rings (SSSR count). The smallest absolute Gasteiger partial charge is 0.321 e. The molecule has 0 amide bonds. The summed E-state index contributed by atoms with van der Waals surface area (Å²) in [6.07, 6.45) is 3.10. The first-order chi connectivity index (χ1) is 18.7. The van der Waals surface area contributed by atoms with E-state index in [1.807, 2.05) is 13.8 Å². The summed E-state index contributed by atoms with van der Waals surface area (Å²) in [4.78, 5) is 16.0. The van der Waals surface area contributed by atoms with Gasteiger partial charge in [0, 0.05) is 44.6 Å². The number of rotatable bonds is 10. The molecule has 0 atom stereocenters. The second-order valence-corrected chi connectivity index (χ2v) is 8.49. The highest BCUT2D eigenvalue weighted by Gasteiger charge is 2.18. The van der Waals surface area contributed by atoms with Crippen LogP contribution in [0.3, 0.4) is 0 Å². The van der Waals surface area contributed by atoms with Crippen LogP contribution in [-0.2, 0) is 11.3 Å². The molecule has 1 aliphatic heterocycles. The van der Waals surface area contributed by atoms with E-state index in [1.165, 1.54) is 6.07 Å². The Balaban J connectivity index is 1.59. The number of halogens is 1. The molecule has 0 aliphatic carbocycles. The predicted octanol–water partition coefficient (Wildman–Crippen LogP) is 3.34. The van der Waals surface area contributed by atoms with Crippen molar-refractivity contribution < 1.29 is 18.6 Å². The highest BCUT2D eigenvalue weighted by molar-refractivity contribution is 5.83. The molecule has 1 N–H and O–H groups in total. The van der Waals surface area contributed by atoms with Crippen LogP contribution in [0, 0.1) is 29.5 Å². The van der Waals surface area contributed by atoms with Gasteiger partial charge >= 0.3 is 6.01 Å². The molecule has 3 heterocycles. The number of hydrogen-bond donors (Lipinski definition) is 1. The minimum atomic E-state index is -0.378. The molecule has 3 aromatic rings. The zero-order valence-electron chi connectivity index (χ0n) is 21.9. The molecule has 9 nitrogen and oxygen atoms in total. The number of ether oxygens (including phenoxy) is 3. The lowest BCUT2D eigenvalue weighted by Gasteiger charge is -2.26. The molecule has 1 saturated heterocycles. The van der Waals surface area contributed by atoms with Crippen LogP contribution in [0.1, 0.15) is 32.3 Å². The summed E-state index contributed by atoms with van der Waals surface area (Å²) in [5.41, 5.74) is 1.49. The van der Waals surface area contributed by atoms with Crippen LogP contribution in [0.4, 0.5) is 10.2 Å². The summed E-state index contributed by atoms with van der Waals surface area (Å²) in [7, 11) is 0. The predicted molar refractivity (Wildman–Crippen MR) is 144 cm³/mol. The fourth-order valence-corrected chi connectivity index (χ4v) is 3.95. The van der Waals surface area contributed by atoms with Gasteiger partial charge in [0.1, 0.15) is 18.2 Å². The van der Waals surface area contributed by atoms with Crippen molar-refractivity contribution in [3.63, 3.8) is 0 Å². The zero-order chi connectivity index (χ0) is 26.6. The van der Waals surface area contributed by atoms with Gasteiger partial charge in [-0.15, -0.1) is 11.8 Å². The van der Waals surface area contributed by atoms with Crippen molar-refractivity contribution in [1.82, 2.24) is 24.4 Å². The number of nitrogens with one attached hydrogen (secondary N) is 1. The van der Waals surface area contributed by atoms with E-state index in [0.717, 1.165) is 45.7 Å². The van der Waals surface area contributed by atoms with Gasteiger partial charge in [0.2, 0.25) is 0 Å². The number of imidazole rings is 1. The molecular weight excluding hydrogens is 487 g/mol. The molecule has 38 heavy (non-hydrogen) atoms. The van der Waals surface area contributed by atoms with E-state index in [4.69, 9.17) is 14.2 Å². The van der Waals surface area contributed by atoms with Crippen LogP contribution < -0.4 is 14.8 Å². The summed E-state index contributed by atoms with van der Waals surface area (Å²) in [5, 5.41) is 3.38. The third kappa shape index (κ3) is 7.34. The topological polar surface area (TPSA) is 86.6 Å². The third-order valence-corrected chi connectivity index (χ3v) is 5.85. The van der Waals surface area contributed by atoms with Crippen molar-refractivity contribution in [2.45, 2.75) is 33.2 Å². The number of nitrogens with zero attached hydrogens (tertiary/aromatic N) is 5. The van der Waals surface area contributed by atoms with Crippen LogP contribution in [0.15, 0.2) is 24.5 Å². The first-order valence-electron chi connectivity index (χ1n) is 12.9. The van der Waals surface area contributed by atoms with Gasteiger partial charge in [-0.05, 0) is 12.1 Å². The van der Waals surface area contributed by atoms with Crippen molar-refractivity contribution in [3.8, 4) is 35.4 Å². The Morgan fingerprint density at radius 1 is 1.03 bits per heavy atom. The van der Waals surface area contributed by atoms with Gasteiger partial charge in [-0.3, -0.25) is 4.90 Å². The molecule has 0 saturated carbocycles. The van der Waals surface area contributed by atoms with Gasteiger partial charge in [0.05, 0.1) is 26.1 Å². The Labute approximate surface area is 222 Å². The monoisotopic (exact) mass is 520 g/mol. The number of morpholine rings is 1. The van der Waals surface area contributed by atoms with E-state index in [-0.39, 0.29) is 31.6 Å². The van der Waals surface area contributed by atoms with Crippen LogP contribution in [-0.4, -0.2) is 77.0 Å². The minimum absolute atomic E-state index is 0.166. The fourth-order valence-electron chi connectivity index (χ4n) is 3.95. The SMILES string of the molecule is CCC#CCOc1nc(NCCN2CCOCC2)c2ncn(Cc3c(F)cccc3OCC#CCC)c2n1. The minimum Gasteiger partial charge on any atom is -0.480 e. The molecule has 0 bridgehead atoms. The lowest BCUT2D eigenvalue weighted by molar-refractivity contribution is 0.0398. The Morgan fingerprint density at radius 2 is 1.79 bits per heavy atom. The number of fused-ring (bicyclic) bond motifs is 1. The molecular formula is C28H33FN6O3. The van der Waals surface area contributed by atoms with Gasteiger partial charge in [0.25, 0.3) is 0 Å². The van der Waals surface area contributed by atoms with Crippen molar-refractivity contribution >= 4 is 17.0 Å². The lowest BCUT2D eigenvalue weighted by atomic mass is 10.2. The van der Waals surface area contributed by atoms with Gasteiger partial charge < -0.3 is 24.1 Å². The van der Waals surface area contributed by atoms with Gasteiger partial charge in [-0.25, -0.2) is 9.37 Å². The van der Waals surface area contributed by atoms with E-state index in [1.54, 1.807) is 23.0 Å². The Kier molecular flexibility index (Phi) is 10.1. The van der Waals surface area contributed by atoms with Crippen molar-refractivity contribution in [2.24, 2.45) is 0 Å². The van der Waals surface area contributed by atoms with E-state index in [0.29, 0.717) is 34.8 Å². The largest absolute Gasteiger partial charge is 0.480 e. The average Bonchev–Trinajstić information content (AvgIpc) is 3.34. The van der Waals surface area contributed by atoms with Gasteiger partial charge in [-0.2, -0.15) is 9.97 Å². The molecule has 0 unspecified atom stereocenters. The lowest BCUT2D eigenvalue weighted by Crippen LogP contribution is -2.39. The summed E-state index contributed by atoms with van der Waals surface area (Å²) in [6, 6.07) is 4.95. The number of aromatic nitrogens is 4. The van der Waals surface area contributed by atoms with Crippen molar-refractivity contribution in [3.05, 3.63) is 35.9 Å². The second kappa shape index (κ2) is 14.2. The Hall–Kier alpha value is -3.86. The van der Waals surface area contributed by atoms with E-state index in [2.05, 4.69) is 48.9 Å². The molecule has 0 radical (unpaired) electrons. The highest BCUT2D eigenvalue weighted by atomic mass is 19.1. The quantitative estimate of drug-likeness (QED) is 0.408. The molecule has 200 valence electrons. The van der Waals surface area contributed by atoms with E-state index in [9.17, 15) is 4.39 Å². The number of benzene rings is 1. The summed E-state index contributed by atoms with van der Waals surface area (Å²) in [5.74, 6) is 12.4. The van der Waals surface area contributed by atoms with Crippen LogP contribution >= 0.6 is 0 Å². The number of anilines is 1. The summed E-state index contributed by atoms with van der Waals surface area (Å²) in [6.45, 7) is 9.25. The van der Waals surface area contributed by atoms with Crippen molar-refractivity contribution in [1.29, 1.82) is 0 Å². The maximum atomic E-state index is 14.9. The molecule has 2 aromatic heterocycles.